The van der Waals surface area contributed by atoms with Crippen LogP contribution in [0.4, 0.5) is 5.69 Å². The zero-order valence-corrected chi connectivity index (χ0v) is 11.3. The Morgan fingerprint density at radius 2 is 1.85 bits per heavy atom. The molecule has 0 aliphatic carbocycles. The van der Waals surface area contributed by atoms with E-state index < -0.39 is 0 Å². The summed E-state index contributed by atoms with van der Waals surface area (Å²) >= 11 is 0. The summed E-state index contributed by atoms with van der Waals surface area (Å²) in [5.74, 6) is 0.986. The van der Waals surface area contributed by atoms with E-state index in [1.54, 1.807) is 7.11 Å². The fourth-order valence-electron chi connectivity index (χ4n) is 2.38. The SMILES string of the molecule is COc1ccc(CC2=Nc3ccccc3C(=O)C2)cc1. The number of ether oxygens (including phenoxy) is 1. The van der Waals surface area contributed by atoms with Crippen LogP contribution in [0.25, 0.3) is 0 Å². The van der Waals surface area contributed by atoms with E-state index in [9.17, 15) is 4.79 Å². The van der Waals surface area contributed by atoms with E-state index in [1.807, 2.05) is 48.5 Å². The standard InChI is InChI=1S/C17H15NO2/c1-20-14-8-6-12(7-9-14)10-13-11-17(19)15-4-2-3-5-16(15)18-13/h2-9H,10-11H2,1H3. The second-order valence-corrected chi connectivity index (χ2v) is 4.82. The lowest BCUT2D eigenvalue weighted by Gasteiger charge is -2.14. The van der Waals surface area contributed by atoms with Crippen LogP contribution in [-0.2, 0) is 6.42 Å². The fraction of sp³-hybridized carbons (Fsp3) is 0.176. The van der Waals surface area contributed by atoms with Crippen LogP contribution in [0.1, 0.15) is 22.3 Å². The van der Waals surface area contributed by atoms with Gasteiger partial charge in [-0.1, -0.05) is 24.3 Å². The van der Waals surface area contributed by atoms with Gasteiger partial charge < -0.3 is 4.74 Å². The third-order valence-corrected chi connectivity index (χ3v) is 3.41. The molecule has 0 amide bonds. The summed E-state index contributed by atoms with van der Waals surface area (Å²) in [5.41, 5.74) is 3.56. The summed E-state index contributed by atoms with van der Waals surface area (Å²) in [6, 6.07) is 15.4. The van der Waals surface area contributed by atoms with Crippen molar-refractivity contribution in [1.82, 2.24) is 0 Å². The van der Waals surface area contributed by atoms with Gasteiger partial charge in [0.1, 0.15) is 5.75 Å². The molecule has 0 unspecified atom stereocenters. The Labute approximate surface area is 117 Å². The van der Waals surface area contributed by atoms with Crippen molar-refractivity contribution in [3.8, 4) is 5.75 Å². The van der Waals surface area contributed by atoms with Crippen LogP contribution in [-0.4, -0.2) is 18.6 Å². The van der Waals surface area contributed by atoms with Gasteiger partial charge in [0.2, 0.25) is 0 Å². The lowest BCUT2D eigenvalue weighted by atomic mass is 9.96. The summed E-state index contributed by atoms with van der Waals surface area (Å²) in [6.07, 6.45) is 1.10. The number of carbonyl (C=O) groups is 1. The number of fused-ring (bicyclic) bond motifs is 1. The molecule has 0 aromatic heterocycles. The Hall–Kier alpha value is -2.42. The molecule has 3 rings (SSSR count). The largest absolute Gasteiger partial charge is 0.497 e. The van der Waals surface area contributed by atoms with Gasteiger partial charge in [-0.05, 0) is 29.8 Å². The maximum absolute atomic E-state index is 12.1. The number of hydrogen-bond donors (Lipinski definition) is 0. The van der Waals surface area contributed by atoms with E-state index in [0.717, 1.165) is 28.3 Å². The van der Waals surface area contributed by atoms with Gasteiger partial charge in [-0.15, -0.1) is 0 Å². The zero-order chi connectivity index (χ0) is 13.9. The third-order valence-electron chi connectivity index (χ3n) is 3.41. The van der Waals surface area contributed by atoms with Gasteiger partial charge in [0.15, 0.2) is 5.78 Å². The summed E-state index contributed by atoms with van der Waals surface area (Å²) in [6.45, 7) is 0. The molecule has 0 N–H and O–H groups in total. The fourth-order valence-corrected chi connectivity index (χ4v) is 2.38. The molecule has 0 atom stereocenters. The molecule has 1 aliphatic heterocycles. The summed E-state index contributed by atoms with van der Waals surface area (Å²) in [5, 5.41) is 0. The van der Waals surface area contributed by atoms with Crippen molar-refractivity contribution in [3.63, 3.8) is 0 Å². The number of nitrogens with zero attached hydrogens (tertiary/aromatic N) is 1. The lowest BCUT2D eigenvalue weighted by Crippen LogP contribution is -2.15. The Bertz CT molecular complexity index is 672. The smallest absolute Gasteiger partial charge is 0.170 e. The van der Waals surface area contributed by atoms with Crippen molar-refractivity contribution in [2.75, 3.05) is 7.11 Å². The Morgan fingerprint density at radius 3 is 2.60 bits per heavy atom. The van der Waals surface area contributed by atoms with Crippen molar-refractivity contribution in [2.24, 2.45) is 4.99 Å². The minimum Gasteiger partial charge on any atom is -0.497 e. The molecule has 0 radical (unpaired) electrons. The van der Waals surface area contributed by atoms with E-state index in [4.69, 9.17) is 4.74 Å². The molecule has 0 spiro atoms. The van der Waals surface area contributed by atoms with Gasteiger partial charge in [-0.25, -0.2) is 0 Å². The van der Waals surface area contributed by atoms with Crippen molar-refractivity contribution >= 4 is 17.2 Å². The number of methoxy groups -OCH3 is 1. The molecule has 1 heterocycles. The highest BCUT2D eigenvalue weighted by Crippen LogP contribution is 2.26. The molecular weight excluding hydrogens is 250 g/mol. The number of aliphatic imine (C=N–C) groups is 1. The zero-order valence-electron chi connectivity index (χ0n) is 11.3. The first-order chi connectivity index (χ1) is 9.76. The number of para-hydroxylation sites is 1. The Kier molecular flexibility index (Phi) is 3.33. The van der Waals surface area contributed by atoms with Gasteiger partial charge in [-0.2, -0.15) is 0 Å². The summed E-state index contributed by atoms with van der Waals surface area (Å²) < 4.78 is 5.14. The first-order valence-corrected chi connectivity index (χ1v) is 6.58. The first-order valence-electron chi connectivity index (χ1n) is 6.58. The molecule has 0 bridgehead atoms. The highest BCUT2D eigenvalue weighted by molar-refractivity contribution is 6.16. The van der Waals surface area contributed by atoms with Crippen LogP contribution in [0.15, 0.2) is 53.5 Å². The predicted molar refractivity (Wildman–Crippen MR) is 79.2 cm³/mol. The maximum atomic E-state index is 12.1. The normalized spacial score (nSPS) is 13.7. The quantitative estimate of drug-likeness (QED) is 0.850. The van der Waals surface area contributed by atoms with Crippen molar-refractivity contribution < 1.29 is 9.53 Å². The highest BCUT2D eigenvalue weighted by atomic mass is 16.5. The van der Waals surface area contributed by atoms with Gasteiger partial charge in [-0.3, -0.25) is 9.79 Å². The van der Waals surface area contributed by atoms with Crippen LogP contribution in [0.3, 0.4) is 0 Å². The molecule has 3 heteroatoms. The Morgan fingerprint density at radius 1 is 1.10 bits per heavy atom. The predicted octanol–water partition coefficient (Wildman–Crippen LogP) is 3.60. The summed E-state index contributed by atoms with van der Waals surface area (Å²) in [7, 11) is 1.65. The second kappa shape index (κ2) is 5.29. The minimum absolute atomic E-state index is 0.152. The number of ketones is 1. The van der Waals surface area contributed by atoms with Gasteiger partial charge >= 0.3 is 0 Å². The molecule has 1 aliphatic rings. The molecule has 100 valence electrons. The van der Waals surface area contributed by atoms with Crippen LogP contribution in [0.2, 0.25) is 0 Å². The summed E-state index contributed by atoms with van der Waals surface area (Å²) in [4.78, 5) is 16.7. The van der Waals surface area contributed by atoms with Crippen molar-refractivity contribution in [1.29, 1.82) is 0 Å². The number of benzene rings is 2. The van der Waals surface area contributed by atoms with Gasteiger partial charge in [0, 0.05) is 24.1 Å². The molecule has 0 saturated carbocycles. The number of hydrogen-bond acceptors (Lipinski definition) is 3. The molecular formula is C17H15NO2. The molecule has 20 heavy (non-hydrogen) atoms. The molecule has 2 aromatic rings. The van der Waals surface area contributed by atoms with E-state index in [2.05, 4.69) is 4.99 Å². The van der Waals surface area contributed by atoms with Crippen LogP contribution in [0, 0.1) is 0 Å². The lowest BCUT2D eigenvalue weighted by molar-refractivity contribution is 0.0999. The number of rotatable bonds is 3. The molecule has 0 fully saturated rings. The highest BCUT2D eigenvalue weighted by Gasteiger charge is 2.19. The van der Waals surface area contributed by atoms with Gasteiger partial charge in [0.25, 0.3) is 0 Å². The van der Waals surface area contributed by atoms with Crippen molar-refractivity contribution in [2.45, 2.75) is 12.8 Å². The van der Waals surface area contributed by atoms with E-state index in [1.165, 1.54) is 0 Å². The minimum atomic E-state index is 0.152. The molecule has 0 saturated heterocycles. The third kappa shape index (κ3) is 2.48. The van der Waals surface area contributed by atoms with Crippen LogP contribution >= 0.6 is 0 Å². The monoisotopic (exact) mass is 265 g/mol. The topological polar surface area (TPSA) is 38.7 Å². The first kappa shape index (κ1) is 12.6. The number of Topliss-reactive ketones (excluding diaryl/α,β-unsaturated/α-hetero) is 1. The molecule has 3 nitrogen and oxygen atoms in total. The average Bonchev–Trinajstić information content (AvgIpc) is 2.48. The van der Waals surface area contributed by atoms with Gasteiger partial charge in [0.05, 0.1) is 12.8 Å². The van der Waals surface area contributed by atoms with E-state index in [-0.39, 0.29) is 5.78 Å². The molecule has 2 aromatic carbocycles. The Balaban J connectivity index is 1.85. The van der Waals surface area contributed by atoms with E-state index in [0.29, 0.717) is 12.8 Å². The second-order valence-electron chi connectivity index (χ2n) is 4.82. The van der Waals surface area contributed by atoms with Crippen LogP contribution in [0.5, 0.6) is 5.75 Å². The average molecular weight is 265 g/mol. The maximum Gasteiger partial charge on any atom is 0.170 e. The van der Waals surface area contributed by atoms with E-state index >= 15 is 0 Å². The van der Waals surface area contributed by atoms with Crippen molar-refractivity contribution in [3.05, 3.63) is 59.7 Å². The number of carbonyl (C=O) groups excluding carboxylic acids is 1. The van der Waals surface area contributed by atoms with Crippen LogP contribution < -0.4 is 4.74 Å².